The summed E-state index contributed by atoms with van der Waals surface area (Å²) in [4.78, 5) is 26.1. The number of fused-ring (bicyclic) bond motifs is 1. The fraction of sp³-hybridized carbons (Fsp3) is 0.444. The number of carbonyl (C=O) groups excluding carboxylic acids is 1. The number of oxime groups is 1. The molecule has 0 unspecified atom stereocenters. The van der Waals surface area contributed by atoms with Crippen molar-refractivity contribution in [1.82, 2.24) is 14.8 Å². The average molecular weight is 495 g/mol. The lowest BCUT2D eigenvalue weighted by Gasteiger charge is -2.41. The highest BCUT2D eigenvalue weighted by molar-refractivity contribution is 6.29. The van der Waals surface area contributed by atoms with Crippen LogP contribution in [0.4, 0.5) is 0 Å². The highest BCUT2D eigenvalue weighted by Crippen LogP contribution is 2.44. The van der Waals surface area contributed by atoms with Crippen molar-refractivity contribution < 1.29 is 14.4 Å². The predicted octanol–water partition coefficient (Wildman–Crippen LogP) is 4.05. The summed E-state index contributed by atoms with van der Waals surface area (Å²) in [6, 6.07) is 12.1. The summed E-state index contributed by atoms with van der Waals surface area (Å²) in [5.41, 5.74) is 6.15. The maximum atomic E-state index is 12.3. The van der Waals surface area contributed by atoms with Gasteiger partial charge in [-0.3, -0.25) is 9.69 Å². The third-order valence-electron chi connectivity index (χ3n) is 7.26. The Labute approximate surface area is 211 Å². The Morgan fingerprint density at radius 3 is 2.60 bits per heavy atom. The van der Waals surface area contributed by atoms with Gasteiger partial charge in [-0.2, -0.15) is 0 Å². The fourth-order valence-corrected chi connectivity index (χ4v) is 5.38. The molecule has 0 bridgehead atoms. The van der Waals surface area contributed by atoms with Crippen LogP contribution in [-0.4, -0.2) is 71.9 Å². The Kier molecular flexibility index (Phi) is 6.91. The minimum absolute atomic E-state index is 0.206. The van der Waals surface area contributed by atoms with Gasteiger partial charge in [-0.05, 0) is 48.6 Å². The van der Waals surface area contributed by atoms with E-state index in [9.17, 15) is 4.79 Å². The number of pyridine rings is 1. The van der Waals surface area contributed by atoms with Gasteiger partial charge in [0.25, 0.3) is 0 Å². The topological polar surface area (TPSA) is 67.3 Å². The smallest absolute Gasteiger partial charge is 0.226 e. The zero-order chi connectivity index (χ0) is 24.4. The molecule has 5 rings (SSSR count). The van der Waals surface area contributed by atoms with Crippen LogP contribution in [0.3, 0.4) is 0 Å². The number of benzene rings is 1. The number of ether oxygens (including phenoxy) is 1. The Morgan fingerprint density at radius 1 is 1.17 bits per heavy atom. The number of rotatable bonds is 6. The number of piperidine rings is 1. The van der Waals surface area contributed by atoms with Crippen molar-refractivity contribution in [3.05, 3.63) is 75.6 Å². The molecule has 1 saturated heterocycles. The first kappa shape index (κ1) is 24.0. The largest absolute Gasteiger partial charge is 0.396 e. The van der Waals surface area contributed by atoms with Gasteiger partial charge in [-0.15, -0.1) is 0 Å². The van der Waals surface area contributed by atoms with Crippen LogP contribution < -0.4 is 0 Å². The van der Waals surface area contributed by atoms with Crippen LogP contribution in [0, 0.1) is 0 Å². The summed E-state index contributed by atoms with van der Waals surface area (Å²) in [6.45, 7) is 6.57. The number of halogens is 1. The number of likely N-dealkylation sites (tertiary alicyclic amines) is 1. The molecular weight excluding hydrogens is 464 g/mol. The third-order valence-corrected chi connectivity index (χ3v) is 7.49. The molecule has 8 heteroatoms. The van der Waals surface area contributed by atoms with Crippen LogP contribution in [0.1, 0.15) is 42.9 Å². The van der Waals surface area contributed by atoms with Crippen LogP contribution >= 0.6 is 11.6 Å². The van der Waals surface area contributed by atoms with E-state index in [2.05, 4.69) is 39.3 Å². The Bertz CT molecular complexity index is 1140. The summed E-state index contributed by atoms with van der Waals surface area (Å²) < 4.78 is 6.33. The number of carbonyl (C=O) groups is 1. The lowest BCUT2D eigenvalue weighted by atomic mass is 9.80. The van der Waals surface area contributed by atoms with Gasteiger partial charge in [0, 0.05) is 50.6 Å². The second-order valence-electron chi connectivity index (χ2n) is 9.49. The zero-order valence-electron chi connectivity index (χ0n) is 20.3. The average Bonchev–Trinajstić information content (AvgIpc) is 3.20. The van der Waals surface area contributed by atoms with Gasteiger partial charge >= 0.3 is 0 Å². The number of hydrogen-bond donors (Lipinski definition) is 0. The maximum Gasteiger partial charge on any atom is 0.226 e. The third kappa shape index (κ3) is 4.99. The summed E-state index contributed by atoms with van der Waals surface area (Å²) in [5.74, 6) is 0.206. The van der Waals surface area contributed by atoms with E-state index in [0.717, 1.165) is 49.3 Å². The number of amides is 1. The van der Waals surface area contributed by atoms with Crippen LogP contribution in [-0.2, 0) is 20.9 Å². The molecule has 3 aliphatic rings. The summed E-state index contributed by atoms with van der Waals surface area (Å²) in [6.07, 6.45) is 4.11. The second-order valence-corrected chi connectivity index (χ2v) is 9.88. The molecule has 1 aromatic heterocycles. The molecule has 4 heterocycles. The van der Waals surface area contributed by atoms with E-state index in [1.807, 2.05) is 24.9 Å². The molecular formula is C27H31ClN4O3. The van der Waals surface area contributed by atoms with Gasteiger partial charge in [0.05, 0.1) is 18.6 Å². The van der Waals surface area contributed by atoms with Crippen LogP contribution in [0.25, 0.3) is 0 Å². The highest BCUT2D eigenvalue weighted by atomic mass is 35.5. The van der Waals surface area contributed by atoms with Crippen LogP contribution in [0.2, 0.25) is 5.15 Å². The molecule has 0 radical (unpaired) electrons. The molecule has 1 amide bonds. The molecule has 1 spiro atoms. The van der Waals surface area contributed by atoms with Crippen molar-refractivity contribution in [3.8, 4) is 0 Å². The van der Waals surface area contributed by atoms with Gasteiger partial charge in [-0.1, -0.05) is 41.0 Å². The number of aromatic nitrogens is 1. The van der Waals surface area contributed by atoms with Crippen LogP contribution in [0.5, 0.6) is 0 Å². The summed E-state index contributed by atoms with van der Waals surface area (Å²) in [7, 11) is 1.88. The molecule has 1 aromatic carbocycles. The normalized spacial score (nSPS) is 20.5. The van der Waals surface area contributed by atoms with E-state index >= 15 is 0 Å². The highest BCUT2D eigenvalue weighted by Gasteiger charge is 2.46. The van der Waals surface area contributed by atoms with Gasteiger partial charge in [0.1, 0.15) is 17.5 Å². The molecule has 184 valence electrons. The lowest BCUT2D eigenvalue weighted by Crippen LogP contribution is -2.46. The van der Waals surface area contributed by atoms with E-state index < -0.39 is 0 Å². The fourth-order valence-electron chi connectivity index (χ4n) is 5.27. The van der Waals surface area contributed by atoms with Crippen molar-refractivity contribution in [2.75, 3.05) is 39.9 Å². The quantitative estimate of drug-likeness (QED) is 0.262. The van der Waals surface area contributed by atoms with E-state index in [1.165, 1.54) is 16.7 Å². The molecule has 1 fully saturated rings. The predicted molar refractivity (Wildman–Crippen MR) is 135 cm³/mol. The lowest BCUT2D eigenvalue weighted by molar-refractivity contribution is -0.129. The maximum absolute atomic E-state index is 12.3. The summed E-state index contributed by atoms with van der Waals surface area (Å²) >= 11 is 5.95. The Morgan fingerprint density at radius 2 is 1.91 bits per heavy atom. The standard InChI is InChI=1S/C27H31ClN4O3/c1-3-35-30-26(21-8-9-24(28)29-15-21)20-6-4-19(5-7-20)16-32-12-10-27(11-13-32)23-14-25(33)31(2)17-22(23)18-34-27/h4-9,15H,3,10-14,16-18H2,1-2H3. The molecule has 7 nitrogen and oxygen atoms in total. The van der Waals surface area contributed by atoms with Gasteiger partial charge in [-0.25, -0.2) is 4.98 Å². The monoisotopic (exact) mass is 494 g/mol. The molecule has 3 aliphatic heterocycles. The van der Waals surface area contributed by atoms with Crippen molar-refractivity contribution in [1.29, 1.82) is 0 Å². The first-order valence-electron chi connectivity index (χ1n) is 12.2. The van der Waals surface area contributed by atoms with E-state index in [-0.39, 0.29) is 11.5 Å². The van der Waals surface area contributed by atoms with E-state index in [0.29, 0.717) is 31.3 Å². The number of nitrogens with zero attached hydrogens (tertiary/aromatic N) is 4. The van der Waals surface area contributed by atoms with E-state index in [4.69, 9.17) is 21.2 Å². The van der Waals surface area contributed by atoms with E-state index in [1.54, 1.807) is 12.3 Å². The molecule has 2 aromatic rings. The van der Waals surface area contributed by atoms with Crippen LogP contribution in [0.15, 0.2) is 58.9 Å². The first-order chi connectivity index (χ1) is 17.0. The Hall–Kier alpha value is -2.74. The number of likely N-dealkylation sites (N-methyl/N-ethyl adjacent to an activating group) is 1. The summed E-state index contributed by atoms with van der Waals surface area (Å²) in [5, 5.41) is 4.76. The SMILES string of the molecule is CCON=C(c1ccc(CN2CCC3(CC2)OCC2=C3CC(=O)N(C)C2)cc1)c1ccc(Cl)nc1. The Balaban J connectivity index is 1.24. The number of hydrogen-bond acceptors (Lipinski definition) is 6. The van der Waals surface area contributed by atoms with Crippen molar-refractivity contribution in [2.24, 2.45) is 5.16 Å². The molecule has 35 heavy (non-hydrogen) atoms. The van der Waals surface area contributed by atoms with Gasteiger partial charge in [0.2, 0.25) is 5.91 Å². The molecule has 0 aliphatic carbocycles. The second kappa shape index (κ2) is 10.1. The molecule has 0 saturated carbocycles. The minimum atomic E-state index is -0.232. The van der Waals surface area contributed by atoms with Crippen molar-refractivity contribution >= 4 is 23.2 Å². The first-order valence-corrected chi connectivity index (χ1v) is 12.6. The van der Waals surface area contributed by atoms with Crippen molar-refractivity contribution in [3.63, 3.8) is 0 Å². The molecule has 0 N–H and O–H groups in total. The van der Waals surface area contributed by atoms with Gasteiger partial charge in [0.15, 0.2) is 0 Å². The van der Waals surface area contributed by atoms with Gasteiger partial charge < -0.3 is 14.5 Å². The molecule has 0 atom stereocenters. The minimum Gasteiger partial charge on any atom is -0.396 e. The van der Waals surface area contributed by atoms with Crippen molar-refractivity contribution in [2.45, 2.75) is 38.3 Å². The zero-order valence-corrected chi connectivity index (χ0v) is 21.1.